The molecule has 1 aliphatic rings. The molecule has 0 aliphatic carbocycles. The first-order valence-corrected chi connectivity index (χ1v) is 9.24. The van der Waals surface area contributed by atoms with Crippen LogP contribution < -0.4 is 10.1 Å². The van der Waals surface area contributed by atoms with E-state index in [0.717, 1.165) is 19.0 Å². The quantitative estimate of drug-likeness (QED) is 0.866. The van der Waals surface area contributed by atoms with Gasteiger partial charge in [-0.1, -0.05) is 37.3 Å². The molecule has 0 radical (unpaired) electrons. The first-order chi connectivity index (χ1) is 12.7. The molecule has 138 valence electrons. The van der Waals surface area contributed by atoms with Crippen LogP contribution in [0.3, 0.4) is 0 Å². The summed E-state index contributed by atoms with van der Waals surface area (Å²) in [6.45, 7) is 5.04. The van der Waals surface area contributed by atoms with Crippen LogP contribution in [0.2, 0.25) is 0 Å². The third-order valence-electron chi connectivity index (χ3n) is 5.11. The summed E-state index contributed by atoms with van der Waals surface area (Å²) >= 11 is 0. The molecule has 1 amide bonds. The van der Waals surface area contributed by atoms with Gasteiger partial charge in [0.15, 0.2) is 0 Å². The smallest absolute Gasteiger partial charge is 0.252 e. The van der Waals surface area contributed by atoms with Crippen LogP contribution in [-0.2, 0) is 0 Å². The standard InChI is InChI=1S/C21H27N3O2/c1-16-10-12-24(13-11-16)19(17-6-4-3-5-7-17)15-23-21(25)18-8-9-20(26-2)22-14-18/h3-9,14,16,19H,10-13,15H2,1-2H3,(H,23,25). The number of carbonyl (C=O) groups is 1. The summed E-state index contributed by atoms with van der Waals surface area (Å²) < 4.78 is 5.04. The first-order valence-electron chi connectivity index (χ1n) is 9.24. The van der Waals surface area contributed by atoms with Gasteiger partial charge in [0.25, 0.3) is 5.91 Å². The van der Waals surface area contributed by atoms with Gasteiger partial charge in [0.05, 0.1) is 18.7 Å². The Bertz CT molecular complexity index is 695. The van der Waals surface area contributed by atoms with Crippen molar-refractivity contribution in [2.24, 2.45) is 5.92 Å². The molecule has 1 aromatic heterocycles. The highest BCUT2D eigenvalue weighted by molar-refractivity contribution is 5.93. The lowest BCUT2D eigenvalue weighted by Gasteiger charge is -2.37. The molecule has 2 aromatic rings. The van der Waals surface area contributed by atoms with Crippen LogP contribution in [0.15, 0.2) is 48.7 Å². The molecule has 1 atom stereocenters. The summed E-state index contributed by atoms with van der Waals surface area (Å²) in [4.78, 5) is 19.1. The Labute approximate surface area is 155 Å². The van der Waals surface area contributed by atoms with Gasteiger partial charge in [-0.2, -0.15) is 0 Å². The number of benzene rings is 1. The van der Waals surface area contributed by atoms with Gasteiger partial charge in [0.1, 0.15) is 0 Å². The van der Waals surface area contributed by atoms with Gasteiger partial charge in [-0.05, 0) is 43.5 Å². The van der Waals surface area contributed by atoms with Crippen LogP contribution >= 0.6 is 0 Å². The number of hydrogen-bond donors (Lipinski definition) is 1. The number of ether oxygens (including phenoxy) is 1. The molecule has 0 saturated carbocycles. The van der Waals surface area contributed by atoms with Crippen molar-refractivity contribution in [1.29, 1.82) is 0 Å². The molecule has 1 saturated heterocycles. The summed E-state index contributed by atoms with van der Waals surface area (Å²) in [6.07, 6.45) is 3.97. The van der Waals surface area contributed by atoms with E-state index in [1.54, 1.807) is 25.4 Å². The molecule has 5 heteroatoms. The third kappa shape index (κ3) is 4.61. The highest BCUT2D eigenvalue weighted by Gasteiger charge is 2.25. The van der Waals surface area contributed by atoms with Crippen LogP contribution in [0.5, 0.6) is 5.88 Å². The van der Waals surface area contributed by atoms with Gasteiger partial charge in [0.2, 0.25) is 5.88 Å². The Hall–Kier alpha value is -2.40. The van der Waals surface area contributed by atoms with Crippen molar-refractivity contribution < 1.29 is 9.53 Å². The van der Waals surface area contributed by atoms with Gasteiger partial charge in [0, 0.05) is 18.8 Å². The number of piperidine rings is 1. The molecule has 5 nitrogen and oxygen atoms in total. The minimum absolute atomic E-state index is 0.105. The molecule has 3 rings (SSSR count). The molecule has 0 spiro atoms. The van der Waals surface area contributed by atoms with Gasteiger partial charge < -0.3 is 10.1 Å². The van der Waals surface area contributed by atoms with Crippen molar-refractivity contribution in [1.82, 2.24) is 15.2 Å². The largest absolute Gasteiger partial charge is 0.481 e. The van der Waals surface area contributed by atoms with Gasteiger partial charge in [-0.25, -0.2) is 4.98 Å². The molecule has 1 aromatic carbocycles. The van der Waals surface area contributed by atoms with Crippen molar-refractivity contribution in [3.05, 3.63) is 59.8 Å². The van der Waals surface area contributed by atoms with Gasteiger partial charge >= 0.3 is 0 Å². The molecule has 1 N–H and O–H groups in total. The lowest BCUT2D eigenvalue weighted by Crippen LogP contribution is -2.42. The van der Waals surface area contributed by atoms with Gasteiger partial charge in [-0.15, -0.1) is 0 Å². The summed E-state index contributed by atoms with van der Waals surface area (Å²) in [5.74, 6) is 1.18. The van der Waals surface area contributed by atoms with E-state index in [2.05, 4.69) is 46.4 Å². The first kappa shape index (κ1) is 18.4. The number of carbonyl (C=O) groups excluding carboxylic acids is 1. The lowest BCUT2D eigenvalue weighted by molar-refractivity contribution is 0.0912. The molecule has 26 heavy (non-hydrogen) atoms. The highest BCUT2D eigenvalue weighted by Crippen LogP contribution is 2.26. The zero-order valence-electron chi connectivity index (χ0n) is 15.5. The van der Waals surface area contributed by atoms with Crippen LogP contribution in [0, 0.1) is 5.92 Å². The number of aromatic nitrogens is 1. The van der Waals surface area contributed by atoms with Gasteiger partial charge in [-0.3, -0.25) is 9.69 Å². The number of rotatable bonds is 6. The van der Waals surface area contributed by atoms with E-state index in [4.69, 9.17) is 4.74 Å². The van der Waals surface area contributed by atoms with E-state index >= 15 is 0 Å². The van der Waals surface area contributed by atoms with Crippen LogP contribution in [0.4, 0.5) is 0 Å². The van der Waals surface area contributed by atoms with Crippen LogP contribution in [-0.4, -0.2) is 42.5 Å². The van der Waals surface area contributed by atoms with E-state index in [0.29, 0.717) is 18.0 Å². The summed E-state index contributed by atoms with van der Waals surface area (Å²) in [5.41, 5.74) is 1.79. The maximum Gasteiger partial charge on any atom is 0.252 e. The fourth-order valence-corrected chi connectivity index (χ4v) is 3.40. The zero-order chi connectivity index (χ0) is 18.4. The molecule has 0 bridgehead atoms. The van der Waals surface area contributed by atoms with Crippen LogP contribution in [0.25, 0.3) is 0 Å². The van der Waals surface area contributed by atoms with E-state index < -0.39 is 0 Å². The lowest BCUT2D eigenvalue weighted by atomic mass is 9.95. The van der Waals surface area contributed by atoms with E-state index in [1.165, 1.54) is 18.4 Å². The third-order valence-corrected chi connectivity index (χ3v) is 5.11. The molecular weight excluding hydrogens is 326 g/mol. The maximum atomic E-state index is 12.5. The number of methoxy groups -OCH3 is 1. The summed E-state index contributed by atoms with van der Waals surface area (Å²) in [7, 11) is 1.56. The summed E-state index contributed by atoms with van der Waals surface area (Å²) in [5, 5.41) is 3.08. The Morgan fingerprint density at radius 1 is 1.23 bits per heavy atom. The molecule has 1 unspecified atom stereocenters. The second kappa shape index (κ2) is 8.81. The Morgan fingerprint density at radius 3 is 2.58 bits per heavy atom. The van der Waals surface area contributed by atoms with Crippen molar-refractivity contribution in [2.75, 3.05) is 26.7 Å². The molecule has 1 fully saturated rings. The molecule has 1 aliphatic heterocycles. The average Bonchev–Trinajstić information content (AvgIpc) is 2.70. The fourth-order valence-electron chi connectivity index (χ4n) is 3.40. The predicted molar refractivity (Wildman–Crippen MR) is 102 cm³/mol. The van der Waals surface area contributed by atoms with Crippen molar-refractivity contribution >= 4 is 5.91 Å². The number of pyridine rings is 1. The Balaban J connectivity index is 1.68. The molecule has 2 heterocycles. The fraction of sp³-hybridized carbons (Fsp3) is 0.429. The monoisotopic (exact) mass is 353 g/mol. The number of amides is 1. The normalized spacial score (nSPS) is 16.8. The summed E-state index contributed by atoms with van der Waals surface area (Å²) in [6, 6.07) is 14.1. The minimum atomic E-state index is -0.105. The van der Waals surface area contributed by atoms with Crippen molar-refractivity contribution in [3.63, 3.8) is 0 Å². The number of likely N-dealkylation sites (tertiary alicyclic amines) is 1. The second-order valence-electron chi connectivity index (χ2n) is 6.94. The predicted octanol–water partition coefficient (Wildman–Crippen LogP) is 3.29. The van der Waals surface area contributed by atoms with Crippen LogP contribution in [0.1, 0.15) is 41.7 Å². The molecular formula is C21H27N3O2. The zero-order valence-corrected chi connectivity index (χ0v) is 15.5. The van der Waals surface area contributed by atoms with E-state index in [-0.39, 0.29) is 11.9 Å². The maximum absolute atomic E-state index is 12.5. The highest BCUT2D eigenvalue weighted by atomic mass is 16.5. The van der Waals surface area contributed by atoms with Crippen molar-refractivity contribution in [2.45, 2.75) is 25.8 Å². The second-order valence-corrected chi connectivity index (χ2v) is 6.94. The minimum Gasteiger partial charge on any atom is -0.481 e. The number of nitrogens with zero attached hydrogens (tertiary/aromatic N) is 2. The van der Waals surface area contributed by atoms with E-state index in [9.17, 15) is 4.79 Å². The van der Waals surface area contributed by atoms with Crippen molar-refractivity contribution in [3.8, 4) is 5.88 Å². The van der Waals surface area contributed by atoms with E-state index in [1.807, 2.05) is 6.07 Å². The Kier molecular flexibility index (Phi) is 6.23. The topological polar surface area (TPSA) is 54.5 Å². The SMILES string of the molecule is COc1ccc(C(=O)NCC(c2ccccc2)N2CCC(C)CC2)cn1. The number of hydrogen-bond acceptors (Lipinski definition) is 4. The number of nitrogens with one attached hydrogen (secondary N) is 1. The average molecular weight is 353 g/mol. The Morgan fingerprint density at radius 2 is 1.96 bits per heavy atom.